The molecule has 0 bridgehead atoms. The van der Waals surface area contributed by atoms with E-state index in [1.165, 1.54) is 32.1 Å². The lowest BCUT2D eigenvalue weighted by atomic mass is 9.90. The van der Waals surface area contributed by atoms with E-state index < -0.39 is 0 Å². The first kappa shape index (κ1) is 18.9. The number of hydrogen-bond acceptors (Lipinski definition) is 3. The molecule has 0 heterocycles. The fourth-order valence-electron chi connectivity index (χ4n) is 1.95. The second-order valence-electron chi connectivity index (χ2n) is 5.93. The first-order valence-corrected chi connectivity index (χ1v) is 7.98. The van der Waals surface area contributed by atoms with Crippen LogP contribution in [0.5, 0.6) is 0 Å². The van der Waals surface area contributed by atoms with E-state index in [1.807, 2.05) is 0 Å². The summed E-state index contributed by atoms with van der Waals surface area (Å²) in [5.41, 5.74) is -0.0628. The summed E-state index contributed by atoms with van der Waals surface area (Å²) in [6, 6.07) is 0. The van der Waals surface area contributed by atoms with E-state index in [1.54, 1.807) is 0 Å². The van der Waals surface area contributed by atoms with Crippen LogP contribution in [0.15, 0.2) is 0 Å². The standard InChI is InChI=1S/C16H34O3/c1-3-16(2,14-18)15-19-13-11-9-7-5-4-6-8-10-12-17/h17-18H,3-15H2,1-2H3. The highest BCUT2D eigenvalue weighted by Gasteiger charge is 2.20. The second-order valence-corrected chi connectivity index (χ2v) is 5.93. The average Bonchev–Trinajstić information content (AvgIpc) is 2.44. The van der Waals surface area contributed by atoms with Crippen molar-refractivity contribution < 1.29 is 14.9 Å². The van der Waals surface area contributed by atoms with Gasteiger partial charge in [-0.05, 0) is 19.3 Å². The van der Waals surface area contributed by atoms with Crippen molar-refractivity contribution in [1.82, 2.24) is 0 Å². The van der Waals surface area contributed by atoms with E-state index in [-0.39, 0.29) is 12.0 Å². The monoisotopic (exact) mass is 274 g/mol. The molecule has 0 saturated carbocycles. The van der Waals surface area contributed by atoms with Gasteiger partial charge in [-0.25, -0.2) is 0 Å². The van der Waals surface area contributed by atoms with E-state index in [0.29, 0.717) is 13.2 Å². The largest absolute Gasteiger partial charge is 0.396 e. The molecule has 0 amide bonds. The topological polar surface area (TPSA) is 49.7 Å². The molecule has 1 atom stereocenters. The van der Waals surface area contributed by atoms with Gasteiger partial charge >= 0.3 is 0 Å². The molecule has 116 valence electrons. The Morgan fingerprint density at radius 2 is 1.37 bits per heavy atom. The molecule has 2 N–H and O–H groups in total. The Morgan fingerprint density at radius 3 is 1.84 bits per heavy atom. The lowest BCUT2D eigenvalue weighted by molar-refractivity contribution is 0.0137. The van der Waals surface area contributed by atoms with Crippen molar-refractivity contribution in [3.8, 4) is 0 Å². The summed E-state index contributed by atoms with van der Waals surface area (Å²) in [4.78, 5) is 0. The van der Waals surface area contributed by atoms with E-state index >= 15 is 0 Å². The second kappa shape index (κ2) is 12.9. The SMILES string of the molecule is CCC(C)(CO)COCCCCCCCCCCO. The van der Waals surface area contributed by atoms with Gasteiger partial charge in [-0.3, -0.25) is 0 Å². The lowest BCUT2D eigenvalue weighted by Crippen LogP contribution is -2.26. The predicted molar refractivity (Wildman–Crippen MR) is 80.3 cm³/mol. The zero-order valence-corrected chi connectivity index (χ0v) is 13.0. The maximum absolute atomic E-state index is 9.25. The van der Waals surface area contributed by atoms with Gasteiger partial charge < -0.3 is 14.9 Å². The van der Waals surface area contributed by atoms with E-state index in [9.17, 15) is 5.11 Å². The number of rotatable bonds is 14. The minimum atomic E-state index is -0.0628. The molecular formula is C16H34O3. The van der Waals surface area contributed by atoms with Crippen molar-refractivity contribution >= 4 is 0 Å². The Hall–Kier alpha value is -0.120. The number of aliphatic hydroxyl groups excluding tert-OH is 2. The van der Waals surface area contributed by atoms with Crippen LogP contribution in [0.2, 0.25) is 0 Å². The molecule has 0 aromatic heterocycles. The molecule has 19 heavy (non-hydrogen) atoms. The van der Waals surface area contributed by atoms with Gasteiger partial charge in [0.2, 0.25) is 0 Å². The third-order valence-corrected chi connectivity index (χ3v) is 3.88. The average molecular weight is 274 g/mol. The summed E-state index contributed by atoms with van der Waals surface area (Å²) in [6.45, 7) is 6.19. The van der Waals surface area contributed by atoms with Gasteiger partial charge in [0.05, 0.1) is 13.2 Å². The van der Waals surface area contributed by atoms with Crippen molar-refractivity contribution in [2.24, 2.45) is 5.41 Å². The Morgan fingerprint density at radius 1 is 0.842 bits per heavy atom. The Kier molecular flexibility index (Phi) is 12.8. The summed E-state index contributed by atoms with van der Waals surface area (Å²) >= 11 is 0. The van der Waals surface area contributed by atoms with Gasteiger partial charge in [0.15, 0.2) is 0 Å². The molecule has 3 heteroatoms. The number of ether oxygens (including phenoxy) is 1. The van der Waals surface area contributed by atoms with Crippen molar-refractivity contribution in [2.75, 3.05) is 26.4 Å². The molecule has 0 aliphatic rings. The zero-order chi connectivity index (χ0) is 14.4. The molecule has 0 saturated heterocycles. The van der Waals surface area contributed by atoms with Crippen LogP contribution in [0.4, 0.5) is 0 Å². The molecule has 3 nitrogen and oxygen atoms in total. The number of unbranched alkanes of at least 4 members (excludes halogenated alkanes) is 7. The molecule has 1 unspecified atom stereocenters. The highest BCUT2D eigenvalue weighted by atomic mass is 16.5. The summed E-state index contributed by atoms with van der Waals surface area (Å²) in [7, 11) is 0. The summed E-state index contributed by atoms with van der Waals surface area (Å²) in [6.07, 6.45) is 10.6. The highest BCUT2D eigenvalue weighted by molar-refractivity contribution is 4.70. The third kappa shape index (κ3) is 11.4. The van der Waals surface area contributed by atoms with Crippen LogP contribution in [0, 0.1) is 5.41 Å². The minimum Gasteiger partial charge on any atom is -0.396 e. The molecule has 0 radical (unpaired) electrons. The molecule has 0 rings (SSSR count). The van der Waals surface area contributed by atoms with Gasteiger partial charge in [-0.2, -0.15) is 0 Å². The Bertz CT molecular complexity index is 179. The fourth-order valence-corrected chi connectivity index (χ4v) is 1.95. The van der Waals surface area contributed by atoms with Gasteiger partial charge in [-0.1, -0.05) is 52.4 Å². The maximum Gasteiger partial charge on any atom is 0.0541 e. The summed E-state index contributed by atoms with van der Waals surface area (Å²) in [5, 5.41) is 17.9. The molecule has 0 aliphatic heterocycles. The van der Waals surface area contributed by atoms with E-state index in [4.69, 9.17) is 9.84 Å². The van der Waals surface area contributed by atoms with E-state index in [0.717, 1.165) is 32.3 Å². The molecule has 0 aromatic rings. The maximum atomic E-state index is 9.25. The minimum absolute atomic E-state index is 0.0628. The van der Waals surface area contributed by atoms with Crippen LogP contribution in [0.1, 0.15) is 71.6 Å². The van der Waals surface area contributed by atoms with Crippen molar-refractivity contribution in [3.05, 3.63) is 0 Å². The van der Waals surface area contributed by atoms with Crippen LogP contribution in [0.3, 0.4) is 0 Å². The molecule has 0 aliphatic carbocycles. The van der Waals surface area contributed by atoms with Gasteiger partial charge in [0, 0.05) is 18.6 Å². The van der Waals surface area contributed by atoms with Crippen LogP contribution in [-0.4, -0.2) is 36.6 Å². The van der Waals surface area contributed by atoms with Crippen LogP contribution in [-0.2, 0) is 4.74 Å². The fraction of sp³-hybridized carbons (Fsp3) is 1.00. The van der Waals surface area contributed by atoms with Crippen molar-refractivity contribution in [2.45, 2.75) is 71.6 Å². The zero-order valence-electron chi connectivity index (χ0n) is 13.0. The highest BCUT2D eigenvalue weighted by Crippen LogP contribution is 2.20. The molecular weight excluding hydrogens is 240 g/mol. The quantitative estimate of drug-likeness (QED) is 0.476. The Labute approximate surface area is 119 Å². The smallest absolute Gasteiger partial charge is 0.0541 e. The molecule has 0 aromatic carbocycles. The van der Waals surface area contributed by atoms with Crippen LogP contribution in [0.25, 0.3) is 0 Å². The van der Waals surface area contributed by atoms with Gasteiger partial charge in [-0.15, -0.1) is 0 Å². The first-order chi connectivity index (χ1) is 9.18. The summed E-state index contributed by atoms with van der Waals surface area (Å²) < 4.78 is 5.65. The normalized spacial score (nSPS) is 14.5. The molecule has 0 fully saturated rings. The summed E-state index contributed by atoms with van der Waals surface area (Å²) in [5.74, 6) is 0. The first-order valence-electron chi connectivity index (χ1n) is 7.98. The van der Waals surface area contributed by atoms with Gasteiger partial charge in [0.1, 0.15) is 0 Å². The lowest BCUT2D eigenvalue weighted by Gasteiger charge is -2.25. The number of aliphatic hydroxyl groups is 2. The predicted octanol–water partition coefficient (Wildman–Crippen LogP) is 3.52. The van der Waals surface area contributed by atoms with Gasteiger partial charge in [0.25, 0.3) is 0 Å². The van der Waals surface area contributed by atoms with Crippen molar-refractivity contribution in [1.29, 1.82) is 0 Å². The Balaban J connectivity index is 3.19. The van der Waals surface area contributed by atoms with Crippen LogP contribution < -0.4 is 0 Å². The van der Waals surface area contributed by atoms with Crippen molar-refractivity contribution in [3.63, 3.8) is 0 Å². The van der Waals surface area contributed by atoms with E-state index in [2.05, 4.69) is 13.8 Å². The molecule has 0 spiro atoms. The number of hydrogen-bond donors (Lipinski definition) is 2. The van der Waals surface area contributed by atoms with Crippen LogP contribution >= 0.6 is 0 Å². The third-order valence-electron chi connectivity index (χ3n) is 3.88.